The highest BCUT2D eigenvalue weighted by atomic mass is 16.3. The fourth-order valence-electron chi connectivity index (χ4n) is 1.96. The van der Waals surface area contributed by atoms with Crippen molar-refractivity contribution in [2.45, 2.75) is 32.3 Å². The van der Waals surface area contributed by atoms with Gasteiger partial charge in [-0.3, -0.25) is 9.69 Å². The molecule has 1 amide bonds. The SMILES string of the molecule is CC(CN1CCCC(C)(O)C1)C(N)=O. The van der Waals surface area contributed by atoms with Crippen LogP contribution in [-0.4, -0.2) is 41.1 Å². The number of aliphatic hydroxyl groups is 1. The fraction of sp³-hybridized carbons (Fsp3) is 0.900. The number of rotatable bonds is 3. The monoisotopic (exact) mass is 200 g/mol. The summed E-state index contributed by atoms with van der Waals surface area (Å²) >= 11 is 0. The van der Waals surface area contributed by atoms with Crippen molar-refractivity contribution in [2.75, 3.05) is 19.6 Å². The molecule has 3 N–H and O–H groups in total. The van der Waals surface area contributed by atoms with E-state index in [1.54, 1.807) is 0 Å². The van der Waals surface area contributed by atoms with Gasteiger partial charge in [0.1, 0.15) is 0 Å². The molecule has 14 heavy (non-hydrogen) atoms. The highest BCUT2D eigenvalue weighted by Crippen LogP contribution is 2.20. The largest absolute Gasteiger partial charge is 0.389 e. The lowest BCUT2D eigenvalue weighted by Crippen LogP contribution is -2.48. The summed E-state index contributed by atoms with van der Waals surface area (Å²) in [5.41, 5.74) is 4.59. The molecule has 1 fully saturated rings. The summed E-state index contributed by atoms with van der Waals surface area (Å²) in [5.74, 6) is -0.404. The summed E-state index contributed by atoms with van der Waals surface area (Å²) in [6.07, 6.45) is 1.83. The third kappa shape index (κ3) is 3.27. The van der Waals surface area contributed by atoms with Gasteiger partial charge >= 0.3 is 0 Å². The highest BCUT2D eigenvalue weighted by Gasteiger charge is 2.29. The Morgan fingerprint density at radius 3 is 2.86 bits per heavy atom. The normalized spacial score (nSPS) is 31.4. The molecule has 0 bridgehead atoms. The molecular weight excluding hydrogens is 180 g/mol. The van der Waals surface area contributed by atoms with Crippen LogP contribution in [0.4, 0.5) is 0 Å². The number of carbonyl (C=O) groups is 1. The number of carbonyl (C=O) groups excluding carboxylic acids is 1. The quantitative estimate of drug-likeness (QED) is 0.671. The van der Waals surface area contributed by atoms with E-state index in [4.69, 9.17) is 5.73 Å². The summed E-state index contributed by atoms with van der Waals surface area (Å²) in [6, 6.07) is 0. The molecule has 0 aliphatic carbocycles. The van der Waals surface area contributed by atoms with Gasteiger partial charge in [-0.1, -0.05) is 6.92 Å². The van der Waals surface area contributed by atoms with Crippen LogP contribution in [0.5, 0.6) is 0 Å². The van der Waals surface area contributed by atoms with Crippen LogP contribution < -0.4 is 5.73 Å². The molecule has 1 aliphatic heterocycles. The van der Waals surface area contributed by atoms with Gasteiger partial charge in [0, 0.05) is 19.0 Å². The number of nitrogens with two attached hydrogens (primary N) is 1. The van der Waals surface area contributed by atoms with Crippen LogP contribution >= 0.6 is 0 Å². The van der Waals surface area contributed by atoms with E-state index >= 15 is 0 Å². The Balaban J connectivity index is 2.42. The molecule has 1 rings (SSSR count). The van der Waals surface area contributed by atoms with E-state index in [2.05, 4.69) is 4.90 Å². The molecular formula is C10H20N2O2. The van der Waals surface area contributed by atoms with Gasteiger partial charge in [0.2, 0.25) is 5.91 Å². The van der Waals surface area contributed by atoms with E-state index in [9.17, 15) is 9.90 Å². The lowest BCUT2D eigenvalue weighted by molar-refractivity contribution is -0.122. The molecule has 0 saturated carbocycles. The van der Waals surface area contributed by atoms with Crippen molar-refractivity contribution < 1.29 is 9.90 Å². The summed E-state index contributed by atoms with van der Waals surface area (Å²) in [7, 11) is 0. The van der Waals surface area contributed by atoms with Gasteiger partial charge in [0.25, 0.3) is 0 Å². The zero-order valence-corrected chi connectivity index (χ0v) is 8.99. The Labute approximate surface area is 85.1 Å². The van der Waals surface area contributed by atoms with Crippen LogP contribution in [-0.2, 0) is 4.79 Å². The minimum atomic E-state index is -0.602. The highest BCUT2D eigenvalue weighted by molar-refractivity contribution is 5.76. The molecule has 2 atom stereocenters. The number of β-amino-alcohol motifs (C(OH)–C–C–N with tert-alkyl or cyclic N) is 1. The number of piperidine rings is 1. The van der Waals surface area contributed by atoms with Gasteiger partial charge in [-0.25, -0.2) is 0 Å². The summed E-state index contributed by atoms with van der Waals surface area (Å²) < 4.78 is 0. The predicted octanol–water partition coefficient (Wildman–Crippen LogP) is -0.0454. The third-order valence-corrected chi connectivity index (χ3v) is 2.77. The van der Waals surface area contributed by atoms with Gasteiger partial charge in [-0.2, -0.15) is 0 Å². The second-order valence-electron chi connectivity index (χ2n) is 4.64. The fourth-order valence-corrected chi connectivity index (χ4v) is 1.96. The van der Waals surface area contributed by atoms with Crippen molar-refractivity contribution >= 4 is 5.91 Å². The van der Waals surface area contributed by atoms with E-state index < -0.39 is 5.60 Å². The van der Waals surface area contributed by atoms with Crippen molar-refractivity contribution in [1.29, 1.82) is 0 Å². The van der Waals surface area contributed by atoms with Crippen LogP contribution in [0.25, 0.3) is 0 Å². The summed E-state index contributed by atoms with van der Waals surface area (Å²) in [6.45, 7) is 5.92. The van der Waals surface area contributed by atoms with Crippen molar-refractivity contribution in [2.24, 2.45) is 11.7 Å². The van der Waals surface area contributed by atoms with Gasteiger partial charge < -0.3 is 10.8 Å². The van der Waals surface area contributed by atoms with E-state index in [0.29, 0.717) is 13.1 Å². The first kappa shape index (κ1) is 11.5. The van der Waals surface area contributed by atoms with Gasteiger partial charge in [-0.05, 0) is 26.3 Å². The van der Waals surface area contributed by atoms with E-state index in [-0.39, 0.29) is 11.8 Å². The summed E-state index contributed by atoms with van der Waals surface area (Å²) in [4.78, 5) is 13.0. The molecule has 0 spiro atoms. The first-order valence-electron chi connectivity index (χ1n) is 5.15. The topological polar surface area (TPSA) is 66.6 Å². The molecule has 2 unspecified atom stereocenters. The maximum absolute atomic E-state index is 10.9. The minimum absolute atomic E-state index is 0.135. The number of likely N-dealkylation sites (tertiary alicyclic amines) is 1. The molecule has 0 aromatic carbocycles. The molecule has 0 radical (unpaired) electrons. The lowest BCUT2D eigenvalue weighted by Gasteiger charge is -2.37. The number of hydrogen-bond acceptors (Lipinski definition) is 3. The van der Waals surface area contributed by atoms with Gasteiger partial charge in [0.15, 0.2) is 0 Å². The smallest absolute Gasteiger partial charge is 0.221 e. The minimum Gasteiger partial charge on any atom is -0.389 e. The number of nitrogens with zero attached hydrogens (tertiary/aromatic N) is 1. The molecule has 4 nitrogen and oxygen atoms in total. The van der Waals surface area contributed by atoms with Crippen LogP contribution in [0.3, 0.4) is 0 Å². The lowest BCUT2D eigenvalue weighted by atomic mass is 9.94. The second kappa shape index (κ2) is 4.28. The Morgan fingerprint density at radius 1 is 1.71 bits per heavy atom. The zero-order chi connectivity index (χ0) is 10.8. The van der Waals surface area contributed by atoms with Crippen molar-refractivity contribution in [3.05, 3.63) is 0 Å². The van der Waals surface area contributed by atoms with Crippen LogP contribution in [0, 0.1) is 5.92 Å². The average Bonchev–Trinajstić information content (AvgIpc) is 2.01. The zero-order valence-electron chi connectivity index (χ0n) is 8.99. The molecule has 0 aromatic rings. The van der Waals surface area contributed by atoms with Crippen molar-refractivity contribution in [3.63, 3.8) is 0 Å². The maximum Gasteiger partial charge on any atom is 0.221 e. The first-order chi connectivity index (χ1) is 6.41. The number of amides is 1. The van der Waals surface area contributed by atoms with E-state index in [1.165, 1.54) is 0 Å². The van der Waals surface area contributed by atoms with Crippen molar-refractivity contribution in [3.8, 4) is 0 Å². The Bertz CT molecular complexity index is 216. The second-order valence-corrected chi connectivity index (χ2v) is 4.64. The van der Waals surface area contributed by atoms with Crippen molar-refractivity contribution in [1.82, 2.24) is 4.90 Å². The van der Waals surface area contributed by atoms with Gasteiger partial charge in [0.05, 0.1) is 5.60 Å². The Kier molecular flexibility index (Phi) is 3.50. The number of hydrogen-bond donors (Lipinski definition) is 2. The predicted molar refractivity (Wildman–Crippen MR) is 54.7 cm³/mol. The summed E-state index contributed by atoms with van der Waals surface area (Å²) in [5, 5.41) is 9.84. The van der Waals surface area contributed by atoms with Crippen LogP contribution in [0.15, 0.2) is 0 Å². The molecule has 4 heteroatoms. The molecule has 1 heterocycles. The standard InChI is InChI=1S/C10H20N2O2/c1-8(9(11)13)6-12-5-3-4-10(2,14)7-12/h8,14H,3-7H2,1-2H3,(H2,11,13). The average molecular weight is 200 g/mol. The molecule has 1 aliphatic rings. The molecule has 1 saturated heterocycles. The van der Waals surface area contributed by atoms with E-state index in [1.807, 2.05) is 13.8 Å². The Hall–Kier alpha value is -0.610. The molecule has 0 aromatic heterocycles. The van der Waals surface area contributed by atoms with Gasteiger partial charge in [-0.15, -0.1) is 0 Å². The maximum atomic E-state index is 10.9. The van der Waals surface area contributed by atoms with E-state index in [0.717, 1.165) is 19.4 Å². The Morgan fingerprint density at radius 2 is 2.36 bits per heavy atom. The first-order valence-corrected chi connectivity index (χ1v) is 5.15. The number of primary amides is 1. The third-order valence-electron chi connectivity index (χ3n) is 2.77. The van der Waals surface area contributed by atoms with Crippen LogP contribution in [0.2, 0.25) is 0 Å². The molecule has 82 valence electrons. The van der Waals surface area contributed by atoms with Crippen LogP contribution in [0.1, 0.15) is 26.7 Å².